The number of benzene rings is 2. The van der Waals surface area contributed by atoms with E-state index in [0.717, 1.165) is 11.3 Å². The minimum absolute atomic E-state index is 0.131. The Morgan fingerprint density at radius 1 is 1.19 bits per heavy atom. The highest BCUT2D eigenvalue weighted by molar-refractivity contribution is 7.99. The highest BCUT2D eigenvalue weighted by Crippen LogP contribution is 2.18. The SMILES string of the molecule is COc1ccc(C=Nn2c(C)nnc2SCC(O)Cn2cnc3ccccc3c2=O)cc1. The van der Waals surface area contributed by atoms with Crippen LogP contribution in [0.2, 0.25) is 0 Å². The van der Waals surface area contributed by atoms with Crippen LogP contribution in [0.5, 0.6) is 5.75 Å². The lowest BCUT2D eigenvalue weighted by molar-refractivity contribution is 0.176. The molecule has 0 spiro atoms. The second kappa shape index (κ2) is 9.75. The molecule has 0 saturated heterocycles. The van der Waals surface area contributed by atoms with E-state index in [-0.39, 0.29) is 12.1 Å². The molecule has 1 atom stereocenters. The molecular weight excluding hydrogens is 428 g/mol. The first-order chi connectivity index (χ1) is 15.5. The van der Waals surface area contributed by atoms with Crippen LogP contribution in [0, 0.1) is 6.92 Å². The van der Waals surface area contributed by atoms with E-state index in [1.807, 2.05) is 30.3 Å². The molecule has 9 nitrogen and oxygen atoms in total. The van der Waals surface area contributed by atoms with Gasteiger partial charge in [-0.1, -0.05) is 23.9 Å². The van der Waals surface area contributed by atoms with Crippen LogP contribution in [-0.2, 0) is 6.54 Å². The van der Waals surface area contributed by atoms with Gasteiger partial charge in [0.15, 0.2) is 5.82 Å². The standard InChI is InChI=1S/C22H22N6O3S/c1-15-25-26-22(28(15)24-11-16-7-9-18(31-2)10-8-16)32-13-17(29)12-27-14-23-20-6-4-3-5-19(20)21(27)30/h3-11,14,17,29H,12-13H2,1-2H3. The van der Waals surface area contributed by atoms with Crippen molar-refractivity contribution in [3.05, 3.63) is 76.6 Å². The summed E-state index contributed by atoms with van der Waals surface area (Å²) in [5.41, 5.74) is 1.36. The first kappa shape index (κ1) is 21.7. The van der Waals surface area contributed by atoms with E-state index < -0.39 is 6.10 Å². The molecule has 0 saturated carbocycles. The predicted octanol–water partition coefficient (Wildman–Crippen LogP) is 2.34. The van der Waals surface area contributed by atoms with E-state index >= 15 is 0 Å². The van der Waals surface area contributed by atoms with Gasteiger partial charge in [0, 0.05) is 5.75 Å². The maximum atomic E-state index is 12.6. The highest BCUT2D eigenvalue weighted by atomic mass is 32.2. The van der Waals surface area contributed by atoms with Crippen LogP contribution in [0.25, 0.3) is 10.9 Å². The zero-order chi connectivity index (χ0) is 22.5. The third-order valence-electron chi connectivity index (χ3n) is 4.75. The summed E-state index contributed by atoms with van der Waals surface area (Å²) in [5, 5.41) is 24.3. The van der Waals surface area contributed by atoms with Gasteiger partial charge in [0.2, 0.25) is 5.16 Å². The number of aryl methyl sites for hydroxylation is 1. The lowest BCUT2D eigenvalue weighted by Crippen LogP contribution is -2.28. The Balaban J connectivity index is 1.42. The van der Waals surface area contributed by atoms with Gasteiger partial charge in [0.05, 0.1) is 43.2 Å². The van der Waals surface area contributed by atoms with Crippen LogP contribution in [0.3, 0.4) is 0 Å². The third kappa shape index (κ3) is 4.87. The highest BCUT2D eigenvalue weighted by Gasteiger charge is 2.14. The molecule has 164 valence electrons. The molecule has 0 aliphatic carbocycles. The van der Waals surface area contributed by atoms with Crippen molar-refractivity contribution in [2.45, 2.75) is 24.7 Å². The lowest BCUT2D eigenvalue weighted by atomic mass is 10.2. The number of thioether (sulfide) groups is 1. The van der Waals surface area contributed by atoms with Crippen molar-refractivity contribution in [2.24, 2.45) is 5.10 Å². The minimum Gasteiger partial charge on any atom is -0.497 e. The van der Waals surface area contributed by atoms with Crippen LogP contribution >= 0.6 is 11.8 Å². The third-order valence-corrected chi connectivity index (χ3v) is 5.81. The number of ether oxygens (including phenoxy) is 1. The van der Waals surface area contributed by atoms with Gasteiger partial charge in [-0.3, -0.25) is 9.36 Å². The number of fused-ring (bicyclic) bond motifs is 1. The van der Waals surface area contributed by atoms with Crippen molar-refractivity contribution in [3.8, 4) is 5.75 Å². The number of rotatable bonds is 8. The van der Waals surface area contributed by atoms with Gasteiger partial charge >= 0.3 is 0 Å². The normalized spacial score (nSPS) is 12.5. The monoisotopic (exact) mass is 450 g/mol. The molecule has 2 aromatic heterocycles. The Hall–Kier alpha value is -3.50. The molecule has 10 heteroatoms. The summed E-state index contributed by atoms with van der Waals surface area (Å²) >= 11 is 1.32. The Bertz CT molecular complexity index is 1300. The van der Waals surface area contributed by atoms with Crippen molar-refractivity contribution in [1.29, 1.82) is 0 Å². The van der Waals surface area contributed by atoms with E-state index in [4.69, 9.17) is 4.74 Å². The smallest absolute Gasteiger partial charge is 0.261 e. The van der Waals surface area contributed by atoms with Gasteiger partial charge in [-0.2, -0.15) is 9.78 Å². The molecule has 0 radical (unpaired) electrons. The second-order valence-corrected chi connectivity index (χ2v) is 8.03. The first-order valence-electron chi connectivity index (χ1n) is 9.90. The Morgan fingerprint density at radius 2 is 1.97 bits per heavy atom. The number of aliphatic hydroxyl groups is 1. The number of aromatic nitrogens is 5. The summed E-state index contributed by atoms with van der Waals surface area (Å²) in [6, 6.07) is 14.7. The predicted molar refractivity (Wildman–Crippen MR) is 123 cm³/mol. The maximum absolute atomic E-state index is 12.6. The molecule has 2 heterocycles. The summed E-state index contributed by atoms with van der Waals surface area (Å²) in [5.74, 6) is 1.71. The van der Waals surface area contributed by atoms with Crippen LogP contribution < -0.4 is 10.3 Å². The molecular formula is C22H22N6O3S. The summed E-state index contributed by atoms with van der Waals surface area (Å²) in [7, 11) is 1.62. The number of para-hydroxylation sites is 1. The van der Waals surface area contributed by atoms with Crippen molar-refractivity contribution in [2.75, 3.05) is 12.9 Å². The van der Waals surface area contributed by atoms with Crippen molar-refractivity contribution < 1.29 is 9.84 Å². The summed E-state index contributed by atoms with van der Waals surface area (Å²) in [6.45, 7) is 1.94. The fraction of sp³-hybridized carbons (Fsp3) is 0.227. The molecule has 4 rings (SSSR count). The van der Waals surface area contributed by atoms with E-state index in [9.17, 15) is 9.90 Å². The zero-order valence-corrected chi connectivity index (χ0v) is 18.4. The maximum Gasteiger partial charge on any atom is 0.261 e. The number of hydrogen-bond donors (Lipinski definition) is 1. The number of methoxy groups -OCH3 is 1. The molecule has 0 fully saturated rings. The van der Waals surface area contributed by atoms with Crippen molar-refractivity contribution in [3.63, 3.8) is 0 Å². The zero-order valence-electron chi connectivity index (χ0n) is 17.6. The molecule has 0 bridgehead atoms. The van der Waals surface area contributed by atoms with Gasteiger partial charge in [0.1, 0.15) is 5.75 Å². The van der Waals surface area contributed by atoms with Crippen LogP contribution in [-0.4, -0.2) is 54.7 Å². The minimum atomic E-state index is -0.781. The Kier molecular flexibility index (Phi) is 6.62. The van der Waals surface area contributed by atoms with E-state index in [0.29, 0.717) is 27.6 Å². The fourth-order valence-electron chi connectivity index (χ4n) is 3.06. The molecule has 0 aliphatic heterocycles. The average molecular weight is 451 g/mol. The van der Waals surface area contributed by atoms with E-state index in [2.05, 4.69) is 20.3 Å². The van der Waals surface area contributed by atoms with Crippen molar-refractivity contribution >= 4 is 28.9 Å². The molecule has 1 unspecified atom stereocenters. The fourth-order valence-corrected chi connectivity index (χ4v) is 3.91. The number of nitrogens with zero attached hydrogens (tertiary/aromatic N) is 6. The molecule has 0 amide bonds. The molecule has 2 aromatic carbocycles. The molecule has 1 N–H and O–H groups in total. The van der Waals surface area contributed by atoms with Crippen LogP contribution in [0.4, 0.5) is 0 Å². The van der Waals surface area contributed by atoms with Crippen LogP contribution in [0.1, 0.15) is 11.4 Å². The number of hydrogen-bond acceptors (Lipinski definition) is 8. The molecule has 4 aromatic rings. The summed E-state index contributed by atoms with van der Waals surface area (Å²) < 4.78 is 8.20. The van der Waals surface area contributed by atoms with Gasteiger partial charge in [-0.15, -0.1) is 10.2 Å². The molecule has 0 aliphatic rings. The van der Waals surface area contributed by atoms with Gasteiger partial charge in [-0.25, -0.2) is 4.98 Å². The quantitative estimate of drug-likeness (QED) is 0.324. The van der Waals surface area contributed by atoms with Crippen LogP contribution in [0.15, 0.2) is 69.9 Å². The average Bonchev–Trinajstić information content (AvgIpc) is 3.18. The topological polar surface area (TPSA) is 107 Å². The number of aliphatic hydroxyl groups excluding tert-OH is 1. The van der Waals surface area contributed by atoms with E-state index in [1.54, 1.807) is 43.1 Å². The second-order valence-electron chi connectivity index (χ2n) is 7.04. The van der Waals surface area contributed by atoms with E-state index in [1.165, 1.54) is 22.7 Å². The lowest BCUT2D eigenvalue weighted by Gasteiger charge is -2.12. The summed E-state index contributed by atoms with van der Waals surface area (Å²) in [4.78, 5) is 16.9. The molecule has 32 heavy (non-hydrogen) atoms. The Morgan fingerprint density at radius 3 is 2.75 bits per heavy atom. The van der Waals surface area contributed by atoms with Gasteiger partial charge in [-0.05, 0) is 48.9 Å². The van der Waals surface area contributed by atoms with Crippen molar-refractivity contribution in [1.82, 2.24) is 24.4 Å². The summed E-state index contributed by atoms with van der Waals surface area (Å²) in [6.07, 6.45) is 2.39. The Labute approximate surface area is 188 Å². The first-order valence-corrected chi connectivity index (χ1v) is 10.9. The van der Waals surface area contributed by atoms with Gasteiger partial charge in [0.25, 0.3) is 5.56 Å². The van der Waals surface area contributed by atoms with Gasteiger partial charge < -0.3 is 9.84 Å². The largest absolute Gasteiger partial charge is 0.497 e.